The van der Waals surface area contributed by atoms with Crippen molar-refractivity contribution in [3.05, 3.63) is 84.7 Å². The standard InChI is InChI=1S/C21H21N3O4S/c1-28-19-7-9-20(10-8-19)29(26,27)24(18-5-3-2-4-6-18)16-21(25)23-15-17-11-13-22-14-12-17/h2-14H,15-16H2,1H3,(H,23,25). The van der Waals surface area contributed by atoms with Crippen LogP contribution in [0.2, 0.25) is 0 Å². The van der Waals surface area contributed by atoms with E-state index in [-0.39, 0.29) is 18.0 Å². The molecule has 0 bridgehead atoms. The summed E-state index contributed by atoms with van der Waals surface area (Å²) in [4.78, 5) is 16.5. The summed E-state index contributed by atoms with van der Waals surface area (Å²) in [7, 11) is -2.44. The number of anilines is 1. The minimum Gasteiger partial charge on any atom is -0.497 e. The predicted octanol–water partition coefficient (Wildman–Crippen LogP) is 2.60. The van der Waals surface area contributed by atoms with Crippen LogP contribution in [0.3, 0.4) is 0 Å². The van der Waals surface area contributed by atoms with Gasteiger partial charge >= 0.3 is 0 Å². The smallest absolute Gasteiger partial charge is 0.264 e. The van der Waals surface area contributed by atoms with Gasteiger partial charge in [0.15, 0.2) is 0 Å². The zero-order chi connectivity index (χ0) is 20.7. The van der Waals surface area contributed by atoms with Crippen molar-refractivity contribution in [2.45, 2.75) is 11.4 Å². The van der Waals surface area contributed by atoms with Crippen LogP contribution in [0.4, 0.5) is 5.69 Å². The van der Waals surface area contributed by atoms with E-state index in [1.807, 2.05) is 0 Å². The Balaban J connectivity index is 1.83. The normalized spacial score (nSPS) is 10.9. The number of benzene rings is 2. The molecule has 0 radical (unpaired) electrons. The van der Waals surface area contributed by atoms with Gasteiger partial charge < -0.3 is 10.1 Å². The molecule has 0 aliphatic carbocycles. The molecule has 150 valence electrons. The molecule has 2 aromatic carbocycles. The first kappa shape index (κ1) is 20.3. The molecular formula is C21H21N3O4S. The number of methoxy groups -OCH3 is 1. The van der Waals surface area contributed by atoms with Crippen LogP contribution in [-0.2, 0) is 21.4 Å². The summed E-state index contributed by atoms with van der Waals surface area (Å²) in [5, 5.41) is 2.75. The maximum Gasteiger partial charge on any atom is 0.264 e. The number of carbonyl (C=O) groups excluding carboxylic acids is 1. The SMILES string of the molecule is COc1ccc(S(=O)(=O)N(CC(=O)NCc2ccncc2)c2ccccc2)cc1. The monoisotopic (exact) mass is 411 g/mol. The summed E-state index contributed by atoms with van der Waals surface area (Å²) in [6.07, 6.45) is 3.26. The third kappa shape index (κ3) is 5.11. The van der Waals surface area contributed by atoms with Crippen LogP contribution in [0.5, 0.6) is 5.75 Å². The minimum absolute atomic E-state index is 0.0732. The number of nitrogens with one attached hydrogen (secondary N) is 1. The number of sulfonamides is 1. The second-order valence-electron chi connectivity index (χ2n) is 6.15. The van der Waals surface area contributed by atoms with E-state index in [0.29, 0.717) is 11.4 Å². The summed E-state index contributed by atoms with van der Waals surface area (Å²) in [6, 6.07) is 18.1. The molecule has 0 saturated carbocycles. The van der Waals surface area contributed by atoms with Crippen molar-refractivity contribution in [2.75, 3.05) is 18.0 Å². The number of pyridine rings is 1. The number of aromatic nitrogens is 1. The first-order valence-electron chi connectivity index (χ1n) is 8.88. The number of amides is 1. The fourth-order valence-corrected chi connectivity index (χ4v) is 4.09. The van der Waals surface area contributed by atoms with Crippen LogP contribution >= 0.6 is 0 Å². The van der Waals surface area contributed by atoms with Crippen molar-refractivity contribution in [3.8, 4) is 5.75 Å². The van der Waals surface area contributed by atoms with Gasteiger partial charge in [0.25, 0.3) is 10.0 Å². The lowest BCUT2D eigenvalue weighted by molar-refractivity contribution is -0.119. The molecule has 3 aromatic rings. The Morgan fingerprint density at radius 1 is 1.00 bits per heavy atom. The molecule has 0 unspecified atom stereocenters. The molecule has 0 aliphatic rings. The first-order chi connectivity index (χ1) is 14.0. The number of para-hydroxylation sites is 1. The third-order valence-corrected chi connectivity index (χ3v) is 6.01. The summed E-state index contributed by atoms with van der Waals surface area (Å²) in [5.74, 6) is 0.132. The largest absolute Gasteiger partial charge is 0.497 e. The lowest BCUT2D eigenvalue weighted by Gasteiger charge is -2.24. The van der Waals surface area contributed by atoms with Crippen LogP contribution < -0.4 is 14.4 Å². The van der Waals surface area contributed by atoms with Gasteiger partial charge in [0, 0.05) is 18.9 Å². The molecule has 1 aromatic heterocycles. The second kappa shape index (κ2) is 9.20. The number of hydrogen-bond donors (Lipinski definition) is 1. The number of nitrogens with zero attached hydrogens (tertiary/aromatic N) is 2. The maximum absolute atomic E-state index is 13.2. The number of hydrogen-bond acceptors (Lipinski definition) is 5. The van der Waals surface area contributed by atoms with E-state index < -0.39 is 15.9 Å². The van der Waals surface area contributed by atoms with E-state index in [1.165, 1.54) is 19.2 Å². The molecule has 29 heavy (non-hydrogen) atoms. The maximum atomic E-state index is 13.2. The van der Waals surface area contributed by atoms with Gasteiger partial charge in [0.2, 0.25) is 5.91 Å². The number of carbonyl (C=O) groups is 1. The van der Waals surface area contributed by atoms with E-state index in [4.69, 9.17) is 4.74 Å². The van der Waals surface area contributed by atoms with Gasteiger partial charge in [-0.15, -0.1) is 0 Å². The van der Waals surface area contributed by atoms with Crippen molar-refractivity contribution in [1.82, 2.24) is 10.3 Å². The highest BCUT2D eigenvalue weighted by atomic mass is 32.2. The van der Waals surface area contributed by atoms with Crippen molar-refractivity contribution in [2.24, 2.45) is 0 Å². The molecule has 0 saturated heterocycles. The fraction of sp³-hybridized carbons (Fsp3) is 0.143. The summed E-state index contributed by atoms with van der Waals surface area (Å²) < 4.78 is 32.7. The van der Waals surface area contributed by atoms with Crippen LogP contribution in [0.15, 0.2) is 84.0 Å². The zero-order valence-corrected chi connectivity index (χ0v) is 16.7. The van der Waals surface area contributed by atoms with E-state index >= 15 is 0 Å². The Morgan fingerprint density at radius 2 is 1.66 bits per heavy atom. The highest BCUT2D eigenvalue weighted by Gasteiger charge is 2.27. The molecule has 1 heterocycles. The minimum atomic E-state index is -3.95. The fourth-order valence-electron chi connectivity index (χ4n) is 2.67. The molecule has 0 aliphatic heterocycles. The first-order valence-corrected chi connectivity index (χ1v) is 10.3. The Bertz CT molecular complexity index is 1040. The molecule has 3 rings (SSSR count). The Labute approximate surface area is 170 Å². The highest BCUT2D eigenvalue weighted by molar-refractivity contribution is 7.92. The van der Waals surface area contributed by atoms with Gasteiger partial charge in [-0.2, -0.15) is 0 Å². The molecule has 0 spiro atoms. The molecule has 7 nitrogen and oxygen atoms in total. The summed E-state index contributed by atoms with van der Waals surface area (Å²) >= 11 is 0. The molecule has 8 heteroatoms. The zero-order valence-electron chi connectivity index (χ0n) is 15.9. The van der Waals surface area contributed by atoms with E-state index in [9.17, 15) is 13.2 Å². The van der Waals surface area contributed by atoms with Crippen LogP contribution in [0.1, 0.15) is 5.56 Å². The molecular weight excluding hydrogens is 390 g/mol. The molecule has 0 fully saturated rings. The highest BCUT2D eigenvalue weighted by Crippen LogP contribution is 2.24. The summed E-state index contributed by atoms with van der Waals surface area (Å²) in [5.41, 5.74) is 1.28. The van der Waals surface area contributed by atoms with Gasteiger partial charge in [-0.25, -0.2) is 8.42 Å². The average Bonchev–Trinajstić information content (AvgIpc) is 2.77. The van der Waals surface area contributed by atoms with Crippen LogP contribution in [0.25, 0.3) is 0 Å². The number of rotatable bonds is 8. The lowest BCUT2D eigenvalue weighted by Crippen LogP contribution is -2.40. The Kier molecular flexibility index (Phi) is 6.46. The third-order valence-electron chi connectivity index (χ3n) is 4.22. The van der Waals surface area contributed by atoms with Crippen LogP contribution in [-0.4, -0.2) is 33.0 Å². The summed E-state index contributed by atoms with van der Waals surface area (Å²) in [6.45, 7) is -0.0595. The van der Waals surface area contributed by atoms with E-state index in [2.05, 4.69) is 10.3 Å². The topological polar surface area (TPSA) is 88.6 Å². The van der Waals surface area contributed by atoms with Gasteiger partial charge in [-0.05, 0) is 54.1 Å². The van der Waals surface area contributed by atoms with Crippen molar-refractivity contribution >= 4 is 21.6 Å². The Morgan fingerprint density at radius 3 is 2.28 bits per heavy atom. The van der Waals surface area contributed by atoms with E-state index in [0.717, 1.165) is 9.87 Å². The van der Waals surface area contributed by atoms with Gasteiger partial charge in [0.05, 0.1) is 17.7 Å². The van der Waals surface area contributed by atoms with Crippen molar-refractivity contribution in [1.29, 1.82) is 0 Å². The quantitative estimate of drug-likeness (QED) is 0.616. The van der Waals surface area contributed by atoms with Gasteiger partial charge in [-0.3, -0.25) is 14.1 Å². The average molecular weight is 411 g/mol. The lowest BCUT2D eigenvalue weighted by atomic mass is 10.3. The predicted molar refractivity (Wildman–Crippen MR) is 110 cm³/mol. The van der Waals surface area contributed by atoms with Gasteiger partial charge in [-0.1, -0.05) is 18.2 Å². The van der Waals surface area contributed by atoms with Gasteiger partial charge in [0.1, 0.15) is 12.3 Å². The molecule has 1 amide bonds. The molecule has 1 N–H and O–H groups in total. The second-order valence-corrected chi connectivity index (χ2v) is 8.02. The number of ether oxygens (including phenoxy) is 1. The Hall–Kier alpha value is -3.39. The van der Waals surface area contributed by atoms with E-state index in [1.54, 1.807) is 67.0 Å². The molecule has 0 atom stereocenters. The van der Waals surface area contributed by atoms with Crippen molar-refractivity contribution < 1.29 is 17.9 Å². The van der Waals surface area contributed by atoms with Crippen molar-refractivity contribution in [3.63, 3.8) is 0 Å². The van der Waals surface area contributed by atoms with Crippen LogP contribution in [0, 0.1) is 0 Å².